The largest absolute Gasteiger partial charge is 0.573 e. The number of ether oxygens (including phenoxy) is 1. The molecule has 2 aromatic rings. The number of rotatable bonds is 5. The summed E-state index contributed by atoms with van der Waals surface area (Å²) in [5.41, 5.74) is 0.349. The van der Waals surface area contributed by atoms with Crippen molar-refractivity contribution in [2.24, 2.45) is 7.05 Å². The molecule has 3 rings (SSSR count). The molecule has 0 unspecified atom stereocenters. The number of piperidine rings is 1. The first kappa shape index (κ1) is 21.2. The molecule has 1 aliphatic rings. The maximum atomic E-state index is 12.8. The molecule has 2 heterocycles. The van der Waals surface area contributed by atoms with Crippen LogP contribution >= 0.6 is 0 Å². The van der Waals surface area contributed by atoms with E-state index in [0.717, 1.165) is 31.4 Å². The normalized spacial score (nSPS) is 15.9. The third-order valence-corrected chi connectivity index (χ3v) is 6.38. The monoisotopic (exact) mass is 431 g/mol. The summed E-state index contributed by atoms with van der Waals surface area (Å²) in [7, 11) is -2.14. The van der Waals surface area contributed by atoms with Crippen LogP contribution in [-0.4, -0.2) is 42.6 Å². The third-order valence-electron chi connectivity index (χ3n) is 4.51. The van der Waals surface area contributed by atoms with Crippen LogP contribution < -0.4 is 10.1 Å². The van der Waals surface area contributed by atoms with E-state index in [4.69, 9.17) is 0 Å². The van der Waals surface area contributed by atoms with E-state index in [1.807, 2.05) is 0 Å². The second-order valence-corrected chi connectivity index (χ2v) is 8.60. The minimum Gasteiger partial charge on any atom is -0.406 e. The van der Waals surface area contributed by atoms with Crippen molar-refractivity contribution in [1.82, 2.24) is 8.87 Å². The van der Waals surface area contributed by atoms with E-state index in [2.05, 4.69) is 10.1 Å². The molecular formula is C18H20F3N3O4S. The number of aromatic nitrogens is 1. The maximum absolute atomic E-state index is 12.8. The number of nitrogens with one attached hydrogen (secondary N) is 1. The van der Waals surface area contributed by atoms with Crippen molar-refractivity contribution in [2.75, 3.05) is 18.4 Å². The van der Waals surface area contributed by atoms with Crippen molar-refractivity contribution < 1.29 is 31.1 Å². The van der Waals surface area contributed by atoms with Gasteiger partial charge in [-0.3, -0.25) is 4.79 Å². The fraction of sp³-hybridized carbons (Fsp3) is 0.389. The van der Waals surface area contributed by atoms with Crippen LogP contribution in [-0.2, 0) is 17.1 Å². The Balaban J connectivity index is 1.73. The van der Waals surface area contributed by atoms with Crippen LogP contribution in [0, 0.1) is 0 Å². The summed E-state index contributed by atoms with van der Waals surface area (Å²) in [6.45, 7) is 0.899. The van der Waals surface area contributed by atoms with Crippen molar-refractivity contribution >= 4 is 21.6 Å². The Morgan fingerprint density at radius 2 is 1.72 bits per heavy atom. The van der Waals surface area contributed by atoms with E-state index in [1.165, 1.54) is 33.3 Å². The number of hydrogen-bond acceptors (Lipinski definition) is 4. The number of carbonyl (C=O) groups is 1. The van der Waals surface area contributed by atoms with E-state index in [0.29, 0.717) is 13.1 Å². The Kier molecular flexibility index (Phi) is 5.90. The number of carbonyl (C=O) groups excluding carboxylic acids is 1. The number of halogens is 3. The molecule has 1 fully saturated rings. The van der Waals surface area contributed by atoms with E-state index in [1.54, 1.807) is 7.05 Å². The number of sulfonamides is 1. The Morgan fingerprint density at radius 1 is 1.10 bits per heavy atom. The van der Waals surface area contributed by atoms with Crippen molar-refractivity contribution in [1.29, 1.82) is 0 Å². The molecule has 0 aliphatic carbocycles. The van der Waals surface area contributed by atoms with Crippen LogP contribution in [0.1, 0.15) is 29.8 Å². The van der Waals surface area contributed by atoms with Gasteiger partial charge in [0.05, 0.1) is 0 Å². The first-order valence-electron chi connectivity index (χ1n) is 8.90. The Bertz CT molecular complexity index is 979. The Morgan fingerprint density at radius 3 is 2.31 bits per heavy atom. The molecule has 1 aromatic heterocycles. The lowest BCUT2D eigenvalue weighted by atomic mass is 10.2. The zero-order valence-electron chi connectivity index (χ0n) is 15.6. The molecule has 0 saturated carbocycles. The lowest BCUT2D eigenvalue weighted by Crippen LogP contribution is -2.35. The highest BCUT2D eigenvalue weighted by atomic mass is 32.2. The number of benzene rings is 1. The fourth-order valence-corrected chi connectivity index (χ4v) is 4.68. The highest BCUT2D eigenvalue weighted by Gasteiger charge is 2.31. The topological polar surface area (TPSA) is 80.6 Å². The standard InChI is InChI=1S/C18H20F3N3O4S/c1-23-12-15(29(26,27)24-9-3-2-4-10-24)11-16(23)17(25)22-13-5-7-14(8-6-13)28-18(19,20)21/h5-8,11-12H,2-4,9-10H2,1H3,(H,22,25). The summed E-state index contributed by atoms with van der Waals surface area (Å²) in [4.78, 5) is 12.5. The van der Waals surface area contributed by atoms with E-state index >= 15 is 0 Å². The van der Waals surface area contributed by atoms with Crippen LogP contribution in [0.4, 0.5) is 18.9 Å². The summed E-state index contributed by atoms with van der Waals surface area (Å²) in [5, 5.41) is 2.53. The van der Waals surface area contributed by atoms with Gasteiger partial charge in [-0.05, 0) is 43.2 Å². The number of nitrogens with zero attached hydrogens (tertiary/aromatic N) is 2. The molecule has 1 saturated heterocycles. The smallest absolute Gasteiger partial charge is 0.406 e. The minimum atomic E-state index is -4.80. The molecule has 0 spiro atoms. The molecular weight excluding hydrogens is 411 g/mol. The van der Waals surface area contributed by atoms with Gasteiger partial charge in [-0.15, -0.1) is 13.2 Å². The summed E-state index contributed by atoms with van der Waals surface area (Å²) in [6.07, 6.45) is -0.842. The van der Waals surface area contributed by atoms with E-state index in [-0.39, 0.29) is 16.3 Å². The molecule has 1 aliphatic heterocycles. The van der Waals surface area contributed by atoms with Gasteiger partial charge in [0.1, 0.15) is 16.3 Å². The fourth-order valence-electron chi connectivity index (χ4n) is 3.09. The minimum absolute atomic E-state index is 0.0287. The Hall–Kier alpha value is -2.53. The predicted octanol–water partition coefficient (Wildman–Crippen LogP) is 3.35. The number of aryl methyl sites for hydroxylation is 1. The molecule has 158 valence electrons. The lowest BCUT2D eigenvalue weighted by molar-refractivity contribution is -0.274. The highest BCUT2D eigenvalue weighted by Crippen LogP contribution is 2.25. The molecule has 1 aromatic carbocycles. The summed E-state index contributed by atoms with van der Waals surface area (Å²) < 4.78 is 68.7. The van der Waals surface area contributed by atoms with Gasteiger partial charge in [0.2, 0.25) is 10.0 Å². The van der Waals surface area contributed by atoms with Gasteiger partial charge in [-0.1, -0.05) is 6.42 Å². The van der Waals surface area contributed by atoms with Gasteiger partial charge in [0.15, 0.2) is 0 Å². The van der Waals surface area contributed by atoms with Crippen LogP contribution in [0.25, 0.3) is 0 Å². The van der Waals surface area contributed by atoms with Crippen molar-refractivity contribution in [3.63, 3.8) is 0 Å². The number of amides is 1. The highest BCUT2D eigenvalue weighted by molar-refractivity contribution is 7.89. The number of anilines is 1. The first-order valence-corrected chi connectivity index (χ1v) is 10.3. The second kappa shape index (κ2) is 8.07. The average molecular weight is 431 g/mol. The number of hydrogen-bond donors (Lipinski definition) is 1. The van der Waals surface area contributed by atoms with Gasteiger partial charge in [0.25, 0.3) is 5.91 Å². The van der Waals surface area contributed by atoms with Crippen molar-refractivity contribution in [3.05, 3.63) is 42.2 Å². The SMILES string of the molecule is Cn1cc(S(=O)(=O)N2CCCCC2)cc1C(=O)Nc1ccc(OC(F)(F)F)cc1. The molecule has 0 atom stereocenters. The molecule has 0 bridgehead atoms. The summed E-state index contributed by atoms with van der Waals surface area (Å²) in [5.74, 6) is -0.999. The third kappa shape index (κ3) is 5.10. The molecule has 29 heavy (non-hydrogen) atoms. The molecule has 1 amide bonds. The van der Waals surface area contributed by atoms with Crippen LogP contribution in [0.5, 0.6) is 5.75 Å². The zero-order chi connectivity index (χ0) is 21.2. The van der Waals surface area contributed by atoms with Gasteiger partial charge < -0.3 is 14.6 Å². The van der Waals surface area contributed by atoms with Gasteiger partial charge in [-0.2, -0.15) is 4.31 Å². The first-order chi connectivity index (χ1) is 13.6. The molecule has 1 N–H and O–H groups in total. The molecule has 0 radical (unpaired) electrons. The van der Waals surface area contributed by atoms with Crippen molar-refractivity contribution in [2.45, 2.75) is 30.5 Å². The molecule has 7 nitrogen and oxygen atoms in total. The van der Waals surface area contributed by atoms with E-state index < -0.39 is 28.0 Å². The van der Waals surface area contributed by atoms with Crippen LogP contribution in [0.2, 0.25) is 0 Å². The summed E-state index contributed by atoms with van der Waals surface area (Å²) >= 11 is 0. The predicted molar refractivity (Wildman–Crippen MR) is 99.1 cm³/mol. The van der Waals surface area contributed by atoms with Crippen molar-refractivity contribution in [3.8, 4) is 5.75 Å². The maximum Gasteiger partial charge on any atom is 0.573 e. The number of alkyl halides is 3. The second-order valence-electron chi connectivity index (χ2n) is 6.66. The Labute approximate surface area is 166 Å². The summed E-state index contributed by atoms with van der Waals surface area (Å²) in [6, 6.07) is 5.95. The van der Waals surface area contributed by atoms with Crippen LogP contribution in [0.15, 0.2) is 41.4 Å². The van der Waals surface area contributed by atoms with Crippen LogP contribution in [0.3, 0.4) is 0 Å². The average Bonchev–Trinajstić information content (AvgIpc) is 3.05. The van der Waals surface area contributed by atoms with E-state index in [9.17, 15) is 26.4 Å². The van der Waals surface area contributed by atoms with Gasteiger partial charge >= 0.3 is 6.36 Å². The molecule has 11 heteroatoms. The lowest BCUT2D eigenvalue weighted by Gasteiger charge is -2.25. The quantitative estimate of drug-likeness (QED) is 0.787. The van der Waals surface area contributed by atoms with Gasteiger partial charge in [-0.25, -0.2) is 8.42 Å². The zero-order valence-corrected chi connectivity index (χ0v) is 16.4. The van der Waals surface area contributed by atoms with Gasteiger partial charge in [0, 0.05) is 32.0 Å².